The van der Waals surface area contributed by atoms with Crippen LogP contribution in [0.4, 0.5) is 10.5 Å². The summed E-state index contributed by atoms with van der Waals surface area (Å²) >= 11 is 6.34. The van der Waals surface area contributed by atoms with Gasteiger partial charge in [-0.25, -0.2) is 9.69 Å². The molecule has 0 radical (unpaired) electrons. The van der Waals surface area contributed by atoms with Crippen molar-refractivity contribution in [3.63, 3.8) is 0 Å². The van der Waals surface area contributed by atoms with Crippen molar-refractivity contribution in [1.29, 1.82) is 0 Å². The van der Waals surface area contributed by atoms with Gasteiger partial charge in [-0.15, -0.1) is 0 Å². The molecular weight excluding hydrogens is 524 g/mol. The van der Waals surface area contributed by atoms with E-state index in [-0.39, 0.29) is 18.6 Å². The maximum atomic E-state index is 14.2. The zero-order valence-electron chi connectivity index (χ0n) is 21.2. The predicted molar refractivity (Wildman–Crippen MR) is 138 cm³/mol. The fourth-order valence-electron chi connectivity index (χ4n) is 7.21. The van der Waals surface area contributed by atoms with Gasteiger partial charge in [-0.1, -0.05) is 41.4 Å². The fraction of sp³-hybridized carbons (Fsp3) is 0.345. The molecule has 2 aliphatic heterocycles. The molecule has 9 nitrogen and oxygen atoms in total. The maximum Gasteiger partial charge on any atom is 0.423 e. The number of rotatable bonds is 2. The molecule has 10 heteroatoms. The van der Waals surface area contributed by atoms with Crippen LogP contribution in [0.2, 0.25) is 5.02 Å². The van der Waals surface area contributed by atoms with Gasteiger partial charge in [-0.2, -0.15) is 4.90 Å². The maximum absolute atomic E-state index is 14.2. The van der Waals surface area contributed by atoms with E-state index in [0.29, 0.717) is 26.7 Å². The number of anilines is 1. The Balaban J connectivity index is 1.54. The minimum atomic E-state index is -1.31. The zero-order valence-corrected chi connectivity index (χ0v) is 21.9. The first-order valence-corrected chi connectivity index (χ1v) is 13.1. The average molecular weight is 549 g/mol. The molecule has 1 N–H and O–H groups in total. The number of aromatic hydroxyl groups is 1. The number of phenolic OH excluding ortho intramolecular Hbond substituents is 1. The summed E-state index contributed by atoms with van der Waals surface area (Å²) in [5.41, 5.74) is 0.160. The van der Waals surface area contributed by atoms with Crippen LogP contribution >= 0.6 is 11.6 Å². The molecule has 0 spiro atoms. The molecular formula is C29H25ClN2O7. The molecule has 0 aromatic heterocycles. The van der Waals surface area contributed by atoms with Crippen LogP contribution in [0, 0.1) is 29.1 Å². The first-order valence-electron chi connectivity index (χ1n) is 12.7. The summed E-state index contributed by atoms with van der Waals surface area (Å²) in [7, 11) is 1.10. The van der Waals surface area contributed by atoms with E-state index in [1.54, 1.807) is 43.3 Å². The van der Waals surface area contributed by atoms with E-state index in [1.807, 2.05) is 6.08 Å². The van der Waals surface area contributed by atoms with Crippen LogP contribution in [0.3, 0.4) is 0 Å². The van der Waals surface area contributed by atoms with Crippen molar-refractivity contribution in [1.82, 2.24) is 4.90 Å². The van der Waals surface area contributed by atoms with Gasteiger partial charge < -0.3 is 9.84 Å². The summed E-state index contributed by atoms with van der Waals surface area (Å²) in [5.74, 6) is -6.22. The van der Waals surface area contributed by atoms with Gasteiger partial charge in [0.1, 0.15) is 5.75 Å². The number of ether oxygens (including phenoxy) is 1. The van der Waals surface area contributed by atoms with Gasteiger partial charge in [0.25, 0.3) is 0 Å². The summed E-state index contributed by atoms with van der Waals surface area (Å²) in [6.07, 6.45) is 1.07. The predicted octanol–water partition coefficient (Wildman–Crippen LogP) is 4.04. The lowest BCUT2D eigenvalue weighted by molar-refractivity contribution is -0.138. The molecule has 5 amide bonds. The number of hydrogen-bond donors (Lipinski definition) is 1. The van der Waals surface area contributed by atoms with Crippen LogP contribution in [0.25, 0.3) is 0 Å². The second-order valence-electron chi connectivity index (χ2n) is 10.7. The number of allylic oxidation sites excluding steroid dienone is 2. The second-order valence-corrected chi connectivity index (χ2v) is 11.1. The monoisotopic (exact) mass is 548 g/mol. The number of phenols is 1. The molecule has 3 fully saturated rings. The lowest BCUT2D eigenvalue weighted by Gasteiger charge is -2.49. The van der Waals surface area contributed by atoms with Gasteiger partial charge >= 0.3 is 6.09 Å². The number of fused-ring (bicyclic) bond motifs is 4. The number of carbonyl (C=O) groups excluding carboxylic acids is 5. The lowest BCUT2D eigenvalue weighted by Crippen LogP contribution is -2.49. The molecule has 6 atom stereocenters. The third-order valence-electron chi connectivity index (χ3n) is 8.95. The molecule has 2 heterocycles. The molecule has 2 aromatic carbocycles. The highest BCUT2D eigenvalue weighted by Gasteiger charge is 2.68. The lowest BCUT2D eigenvalue weighted by atomic mass is 9.51. The number of halogens is 1. The van der Waals surface area contributed by atoms with E-state index < -0.39 is 64.7 Å². The van der Waals surface area contributed by atoms with Crippen molar-refractivity contribution in [3.8, 4) is 5.75 Å². The SMILES string of the molecule is COC(=O)N1C(=O)C2CC=C3C(CC4C(=O)N(c5ccccc5)C(=O)C4(C)C3c3cc(Cl)ccc3O)C2C1=O. The summed E-state index contributed by atoms with van der Waals surface area (Å²) in [5, 5.41) is 11.3. The molecule has 4 aliphatic rings. The minimum absolute atomic E-state index is 0.100. The molecule has 1 saturated carbocycles. The van der Waals surface area contributed by atoms with E-state index in [2.05, 4.69) is 0 Å². The molecule has 200 valence electrons. The first kappa shape index (κ1) is 25.3. The number of imide groups is 4. The number of likely N-dealkylation sites (tertiary alicyclic amines) is 1. The highest BCUT2D eigenvalue weighted by Crippen LogP contribution is 2.64. The minimum Gasteiger partial charge on any atom is -0.508 e. The molecule has 2 aliphatic carbocycles. The van der Waals surface area contributed by atoms with Crippen LogP contribution in [0.5, 0.6) is 5.75 Å². The molecule has 6 unspecified atom stereocenters. The Morgan fingerprint density at radius 3 is 2.44 bits per heavy atom. The first-order chi connectivity index (χ1) is 18.6. The van der Waals surface area contributed by atoms with E-state index in [1.165, 1.54) is 17.0 Å². The summed E-state index contributed by atoms with van der Waals surface area (Å²) < 4.78 is 4.69. The smallest absolute Gasteiger partial charge is 0.423 e. The van der Waals surface area contributed by atoms with Crippen LogP contribution < -0.4 is 4.90 Å². The Labute approximate surface area is 229 Å². The number of nitrogens with zero attached hydrogens (tertiary/aromatic N) is 2. The number of hydrogen-bond acceptors (Lipinski definition) is 7. The Hall–Kier alpha value is -3.98. The molecule has 2 saturated heterocycles. The van der Waals surface area contributed by atoms with E-state index in [0.717, 1.165) is 7.11 Å². The number of amides is 5. The van der Waals surface area contributed by atoms with E-state index >= 15 is 0 Å². The molecule has 2 aromatic rings. The Morgan fingerprint density at radius 2 is 1.74 bits per heavy atom. The molecule has 39 heavy (non-hydrogen) atoms. The normalized spacial score (nSPS) is 31.6. The fourth-order valence-corrected chi connectivity index (χ4v) is 7.39. The zero-order chi connectivity index (χ0) is 27.8. The van der Waals surface area contributed by atoms with E-state index in [4.69, 9.17) is 16.3 Å². The average Bonchev–Trinajstić information content (AvgIpc) is 3.30. The van der Waals surface area contributed by atoms with Crippen molar-refractivity contribution in [2.75, 3.05) is 12.0 Å². The van der Waals surface area contributed by atoms with Crippen molar-refractivity contribution in [2.24, 2.45) is 29.1 Å². The number of carbonyl (C=O) groups is 5. The molecule has 0 bridgehead atoms. The number of methoxy groups -OCH3 is 1. The summed E-state index contributed by atoms with van der Waals surface area (Å²) in [4.78, 5) is 68.9. The number of benzene rings is 2. The highest BCUT2D eigenvalue weighted by molar-refractivity contribution is 6.30. The third kappa shape index (κ3) is 3.35. The van der Waals surface area contributed by atoms with Crippen LogP contribution in [0.15, 0.2) is 60.2 Å². The summed E-state index contributed by atoms with van der Waals surface area (Å²) in [6, 6.07) is 13.1. The quantitative estimate of drug-likeness (QED) is 0.444. The third-order valence-corrected chi connectivity index (χ3v) is 9.18. The largest absolute Gasteiger partial charge is 0.508 e. The van der Waals surface area contributed by atoms with Gasteiger partial charge in [-0.3, -0.25) is 19.2 Å². The van der Waals surface area contributed by atoms with Crippen LogP contribution in [-0.2, 0) is 23.9 Å². The van der Waals surface area contributed by atoms with Crippen molar-refractivity contribution in [3.05, 3.63) is 70.8 Å². The van der Waals surface area contributed by atoms with Gasteiger partial charge in [0.15, 0.2) is 0 Å². The Bertz CT molecular complexity index is 1490. The Morgan fingerprint density at radius 1 is 1.03 bits per heavy atom. The highest BCUT2D eigenvalue weighted by atomic mass is 35.5. The topological polar surface area (TPSA) is 121 Å². The van der Waals surface area contributed by atoms with Crippen LogP contribution in [0.1, 0.15) is 31.2 Å². The van der Waals surface area contributed by atoms with Crippen molar-refractivity contribution in [2.45, 2.75) is 25.7 Å². The van der Waals surface area contributed by atoms with Gasteiger partial charge in [0.05, 0.1) is 36.0 Å². The summed E-state index contributed by atoms with van der Waals surface area (Å²) in [6.45, 7) is 1.72. The van der Waals surface area contributed by atoms with Crippen LogP contribution in [-0.4, -0.2) is 46.8 Å². The standard InChI is InChI=1S/C29H25ClN2O7/c1-29-20(25(35)31(27(29)37)15-6-4-3-5-7-15)13-18-16(23(29)19-12-14(30)8-11-21(19)33)9-10-17-22(18)26(36)32(24(17)34)28(38)39-2/h3-9,11-12,17-18,20,22-23,33H,10,13H2,1-2H3. The molecule has 6 rings (SSSR count). The van der Waals surface area contributed by atoms with E-state index in [9.17, 15) is 29.1 Å². The van der Waals surface area contributed by atoms with Gasteiger partial charge in [-0.05, 0) is 56.0 Å². The van der Waals surface area contributed by atoms with Crippen molar-refractivity contribution < 1.29 is 33.8 Å². The van der Waals surface area contributed by atoms with Gasteiger partial charge in [0.2, 0.25) is 23.6 Å². The number of para-hydroxylation sites is 1. The van der Waals surface area contributed by atoms with Crippen molar-refractivity contribution >= 4 is 47.0 Å². The van der Waals surface area contributed by atoms with Gasteiger partial charge in [0, 0.05) is 16.5 Å². The Kier molecular flexibility index (Phi) is 5.69. The second kappa shape index (κ2) is 8.77.